The van der Waals surface area contributed by atoms with Crippen molar-refractivity contribution >= 4 is 17.9 Å². The molecule has 13 heteroatoms. The van der Waals surface area contributed by atoms with Crippen molar-refractivity contribution in [1.82, 2.24) is 0 Å². The first-order chi connectivity index (χ1) is 12.9. The van der Waals surface area contributed by atoms with Gasteiger partial charge in [-0.15, -0.1) is 0 Å². The summed E-state index contributed by atoms with van der Waals surface area (Å²) in [6.07, 6.45) is -1.89. The number of aliphatic carboxylic acids is 2. The Kier molecular flexibility index (Phi) is 17.8. The molecule has 0 rings (SSSR count). The van der Waals surface area contributed by atoms with E-state index >= 15 is 0 Å². The zero-order valence-electron chi connectivity index (χ0n) is 15.9. The Balaban J connectivity index is -0.000000656. The maximum atomic E-state index is 12.1. The van der Waals surface area contributed by atoms with Gasteiger partial charge in [0, 0.05) is 13.8 Å². The van der Waals surface area contributed by atoms with Crippen LogP contribution in [0, 0.1) is 5.41 Å². The Labute approximate surface area is 161 Å². The summed E-state index contributed by atoms with van der Waals surface area (Å²) in [7, 11) is 0. The van der Waals surface area contributed by atoms with Gasteiger partial charge in [0.1, 0.15) is 12.4 Å². The highest BCUT2D eigenvalue weighted by Crippen LogP contribution is 2.39. The molecule has 0 radical (unpaired) electrons. The van der Waals surface area contributed by atoms with Gasteiger partial charge in [-0.2, -0.15) is 0 Å². The number of carboxylic acid groups (broad SMARTS) is 2. The van der Waals surface area contributed by atoms with Crippen molar-refractivity contribution < 1.29 is 64.7 Å². The summed E-state index contributed by atoms with van der Waals surface area (Å²) >= 11 is 0. The molecule has 13 nitrogen and oxygen atoms in total. The van der Waals surface area contributed by atoms with Crippen molar-refractivity contribution in [3.8, 4) is 0 Å². The number of carbonyl (C=O) groups excluding carboxylic acids is 1. The SMILES string of the molecule is CC(=O)O.CC(=O)O.CCOC(=O)C(CO)(C(O)CO)C(CO)(CO)OCO. The van der Waals surface area contributed by atoms with E-state index in [9.17, 15) is 25.2 Å². The molecule has 0 amide bonds. The maximum Gasteiger partial charge on any atom is 0.320 e. The Hall–Kier alpha value is -1.87. The number of esters is 1. The van der Waals surface area contributed by atoms with Crippen LogP contribution in [-0.4, -0.2) is 110 Å². The molecule has 0 aliphatic heterocycles. The van der Waals surface area contributed by atoms with Crippen LogP contribution in [0.1, 0.15) is 20.8 Å². The van der Waals surface area contributed by atoms with E-state index in [0.29, 0.717) is 0 Å². The van der Waals surface area contributed by atoms with Crippen LogP contribution in [-0.2, 0) is 23.9 Å². The van der Waals surface area contributed by atoms with Gasteiger partial charge in [-0.3, -0.25) is 14.4 Å². The van der Waals surface area contributed by atoms with Gasteiger partial charge in [-0.05, 0) is 6.92 Å². The number of ether oxygens (including phenoxy) is 2. The van der Waals surface area contributed by atoms with Crippen LogP contribution in [0.15, 0.2) is 0 Å². The van der Waals surface area contributed by atoms with Crippen LogP contribution in [0.3, 0.4) is 0 Å². The molecule has 0 aliphatic rings. The Morgan fingerprint density at radius 2 is 1.29 bits per heavy atom. The topological polar surface area (TPSA) is 232 Å². The molecule has 0 bridgehead atoms. The molecule has 8 N–H and O–H groups in total. The number of carbonyl (C=O) groups is 3. The Bertz CT molecular complexity index is 429. The van der Waals surface area contributed by atoms with E-state index in [0.717, 1.165) is 13.8 Å². The standard InChI is InChI=1S/C11H22O9.2C2H4O2/c1-2-19-9(18)11(6-15,8(17)3-12)10(4-13,5-14)20-7-16;2*1-2(3)4/h8,12-17H,2-7H2,1H3;2*1H3,(H,3,4). The van der Waals surface area contributed by atoms with Gasteiger partial charge in [-0.1, -0.05) is 0 Å². The number of aliphatic hydroxyl groups is 6. The van der Waals surface area contributed by atoms with Crippen LogP contribution < -0.4 is 0 Å². The molecule has 2 atom stereocenters. The molecular formula is C15H30O13. The van der Waals surface area contributed by atoms with Crippen LogP contribution in [0.2, 0.25) is 0 Å². The van der Waals surface area contributed by atoms with Gasteiger partial charge in [0.15, 0.2) is 5.41 Å². The average molecular weight is 418 g/mol. The van der Waals surface area contributed by atoms with Crippen molar-refractivity contribution in [3.63, 3.8) is 0 Å². The predicted molar refractivity (Wildman–Crippen MR) is 90.9 cm³/mol. The molecule has 0 spiro atoms. The van der Waals surface area contributed by atoms with Crippen molar-refractivity contribution in [1.29, 1.82) is 0 Å². The lowest BCUT2D eigenvalue weighted by Gasteiger charge is -2.46. The Morgan fingerprint density at radius 1 is 0.893 bits per heavy atom. The van der Waals surface area contributed by atoms with Gasteiger partial charge in [0.05, 0.1) is 39.1 Å². The summed E-state index contributed by atoms with van der Waals surface area (Å²) < 4.78 is 9.52. The monoisotopic (exact) mass is 418 g/mol. The second-order valence-corrected chi connectivity index (χ2v) is 5.17. The summed E-state index contributed by atoms with van der Waals surface area (Å²) in [5, 5.41) is 71.1. The summed E-state index contributed by atoms with van der Waals surface area (Å²) in [5.41, 5.74) is -4.59. The van der Waals surface area contributed by atoms with E-state index in [-0.39, 0.29) is 6.61 Å². The van der Waals surface area contributed by atoms with E-state index in [1.807, 2.05) is 0 Å². The fraction of sp³-hybridized carbons (Fsp3) is 0.800. The highest BCUT2D eigenvalue weighted by molar-refractivity contribution is 5.80. The maximum absolute atomic E-state index is 12.1. The van der Waals surface area contributed by atoms with Gasteiger partial charge < -0.3 is 50.3 Å². The van der Waals surface area contributed by atoms with Crippen molar-refractivity contribution in [3.05, 3.63) is 0 Å². The zero-order valence-corrected chi connectivity index (χ0v) is 15.9. The van der Waals surface area contributed by atoms with E-state index in [2.05, 4.69) is 0 Å². The zero-order chi connectivity index (χ0) is 23.0. The molecule has 0 heterocycles. The minimum atomic E-state index is -2.36. The first-order valence-electron chi connectivity index (χ1n) is 7.85. The molecule has 168 valence electrons. The lowest BCUT2D eigenvalue weighted by Crippen LogP contribution is -2.68. The van der Waals surface area contributed by atoms with E-state index in [1.165, 1.54) is 6.92 Å². The molecule has 0 aliphatic carbocycles. The molecule has 0 saturated carbocycles. The highest BCUT2D eigenvalue weighted by atomic mass is 16.6. The third-order valence-corrected chi connectivity index (χ3v) is 3.30. The number of hydrogen-bond donors (Lipinski definition) is 8. The van der Waals surface area contributed by atoms with Crippen LogP contribution >= 0.6 is 0 Å². The van der Waals surface area contributed by atoms with E-state index in [1.54, 1.807) is 0 Å². The minimum absolute atomic E-state index is 0.106. The smallest absolute Gasteiger partial charge is 0.320 e. The number of hydrogen-bond acceptors (Lipinski definition) is 11. The second-order valence-electron chi connectivity index (χ2n) is 5.17. The highest BCUT2D eigenvalue weighted by Gasteiger charge is 2.62. The van der Waals surface area contributed by atoms with Gasteiger partial charge >= 0.3 is 5.97 Å². The average Bonchev–Trinajstić information content (AvgIpc) is 2.60. The quantitative estimate of drug-likeness (QED) is 0.129. The van der Waals surface area contributed by atoms with Crippen LogP contribution in [0.4, 0.5) is 0 Å². The van der Waals surface area contributed by atoms with Crippen LogP contribution in [0.25, 0.3) is 0 Å². The third-order valence-electron chi connectivity index (χ3n) is 3.30. The molecule has 0 fully saturated rings. The minimum Gasteiger partial charge on any atom is -0.481 e. The van der Waals surface area contributed by atoms with Crippen molar-refractivity contribution in [2.75, 3.05) is 39.8 Å². The molecule has 0 aromatic heterocycles. The first-order valence-corrected chi connectivity index (χ1v) is 7.85. The third kappa shape index (κ3) is 9.36. The molecule has 0 saturated heterocycles. The predicted octanol–water partition coefficient (Wildman–Crippen LogP) is -3.25. The molecular weight excluding hydrogens is 388 g/mol. The molecule has 0 aromatic carbocycles. The number of aliphatic hydroxyl groups excluding tert-OH is 6. The molecule has 28 heavy (non-hydrogen) atoms. The lowest BCUT2D eigenvalue weighted by molar-refractivity contribution is -0.257. The fourth-order valence-corrected chi connectivity index (χ4v) is 2.03. The normalized spacial score (nSPS) is 13.6. The van der Waals surface area contributed by atoms with Gasteiger partial charge in [0.25, 0.3) is 11.9 Å². The molecule has 2 unspecified atom stereocenters. The van der Waals surface area contributed by atoms with Crippen LogP contribution in [0.5, 0.6) is 0 Å². The van der Waals surface area contributed by atoms with E-state index < -0.39 is 68.2 Å². The summed E-state index contributed by atoms with van der Waals surface area (Å²) in [6, 6.07) is 0. The van der Waals surface area contributed by atoms with Gasteiger partial charge in [-0.25, -0.2) is 0 Å². The molecule has 0 aromatic rings. The summed E-state index contributed by atoms with van der Waals surface area (Å²) in [5.74, 6) is -2.85. The number of carboxylic acids is 2. The summed E-state index contributed by atoms with van der Waals surface area (Å²) in [6.45, 7) is -1.55. The first kappa shape index (κ1) is 30.8. The second kappa shape index (κ2) is 16.1. The largest absolute Gasteiger partial charge is 0.481 e. The fourth-order valence-electron chi connectivity index (χ4n) is 2.03. The van der Waals surface area contributed by atoms with Crippen molar-refractivity contribution in [2.24, 2.45) is 5.41 Å². The summed E-state index contributed by atoms with van der Waals surface area (Å²) in [4.78, 5) is 30.1. The lowest BCUT2D eigenvalue weighted by atomic mass is 9.68. The number of rotatable bonds is 10. The van der Waals surface area contributed by atoms with Crippen molar-refractivity contribution in [2.45, 2.75) is 32.5 Å². The Morgan fingerprint density at radius 3 is 1.50 bits per heavy atom. The van der Waals surface area contributed by atoms with E-state index in [4.69, 9.17) is 39.5 Å². The van der Waals surface area contributed by atoms with Gasteiger partial charge in [0.2, 0.25) is 0 Å².